The first-order valence-electron chi connectivity index (χ1n) is 8.46. The molecular formula is C19H22N4O3. The van der Waals surface area contributed by atoms with Gasteiger partial charge in [-0.3, -0.25) is 9.78 Å². The molecule has 0 aliphatic carbocycles. The molecule has 1 aromatic heterocycles. The molecule has 0 atom stereocenters. The molecule has 2 heterocycles. The van der Waals surface area contributed by atoms with Crippen molar-refractivity contribution in [3.63, 3.8) is 0 Å². The third kappa shape index (κ3) is 4.00. The first kappa shape index (κ1) is 17.9. The molecule has 1 saturated heterocycles. The smallest absolute Gasteiger partial charge is 0.339 e. The van der Waals surface area contributed by atoms with E-state index in [1.165, 1.54) is 7.11 Å². The summed E-state index contributed by atoms with van der Waals surface area (Å²) in [7, 11) is 3.39. The van der Waals surface area contributed by atoms with Gasteiger partial charge in [0.15, 0.2) is 0 Å². The topological polar surface area (TPSA) is 74.8 Å². The SMILES string of the molecule is COC(=O)c1ccccc1Nc1ccnc(C(=O)N2CCN(C)CC2)c1. The highest BCUT2D eigenvalue weighted by molar-refractivity contribution is 5.97. The van der Waals surface area contributed by atoms with Crippen LogP contribution in [-0.4, -0.2) is 67.0 Å². The maximum Gasteiger partial charge on any atom is 0.339 e. The number of piperazine rings is 1. The number of hydrogen-bond donors (Lipinski definition) is 1. The monoisotopic (exact) mass is 354 g/mol. The highest BCUT2D eigenvalue weighted by Gasteiger charge is 2.21. The van der Waals surface area contributed by atoms with E-state index in [1.54, 1.807) is 36.5 Å². The third-order valence-corrected chi connectivity index (χ3v) is 4.38. The number of pyridine rings is 1. The van der Waals surface area contributed by atoms with E-state index < -0.39 is 5.97 Å². The quantitative estimate of drug-likeness (QED) is 0.847. The second-order valence-electron chi connectivity index (χ2n) is 6.19. The minimum Gasteiger partial charge on any atom is -0.465 e. The van der Waals surface area contributed by atoms with E-state index in [4.69, 9.17) is 4.74 Å². The maximum atomic E-state index is 12.7. The Morgan fingerprint density at radius 2 is 1.85 bits per heavy atom. The van der Waals surface area contributed by atoms with Crippen molar-refractivity contribution in [1.82, 2.24) is 14.8 Å². The van der Waals surface area contributed by atoms with Crippen molar-refractivity contribution in [3.05, 3.63) is 53.9 Å². The maximum absolute atomic E-state index is 12.7. The lowest BCUT2D eigenvalue weighted by Crippen LogP contribution is -2.47. The Labute approximate surface area is 152 Å². The average molecular weight is 354 g/mol. The number of nitrogens with zero attached hydrogens (tertiary/aromatic N) is 3. The molecular weight excluding hydrogens is 332 g/mol. The zero-order valence-corrected chi connectivity index (χ0v) is 14.9. The Morgan fingerprint density at radius 1 is 1.12 bits per heavy atom. The van der Waals surface area contributed by atoms with E-state index in [0.29, 0.717) is 35.7 Å². The van der Waals surface area contributed by atoms with E-state index in [2.05, 4.69) is 15.2 Å². The summed E-state index contributed by atoms with van der Waals surface area (Å²) in [4.78, 5) is 32.8. The van der Waals surface area contributed by atoms with Gasteiger partial charge >= 0.3 is 5.97 Å². The van der Waals surface area contributed by atoms with Crippen LogP contribution in [0.15, 0.2) is 42.6 Å². The number of methoxy groups -OCH3 is 1. The number of amides is 1. The van der Waals surface area contributed by atoms with Crippen molar-refractivity contribution in [2.24, 2.45) is 0 Å². The zero-order chi connectivity index (χ0) is 18.5. The zero-order valence-electron chi connectivity index (χ0n) is 14.9. The number of hydrogen-bond acceptors (Lipinski definition) is 6. The fraction of sp³-hybridized carbons (Fsp3) is 0.316. The van der Waals surface area contributed by atoms with Crippen molar-refractivity contribution in [1.29, 1.82) is 0 Å². The van der Waals surface area contributed by atoms with E-state index in [1.807, 2.05) is 18.0 Å². The molecule has 0 radical (unpaired) electrons. The second-order valence-corrected chi connectivity index (χ2v) is 6.19. The fourth-order valence-corrected chi connectivity index (χ4v) is 2.83. The molecule has 1 amide bonds. The van der Waals surface area contributed by atoms with Gasteiger partial charge in [0.25, 0.3) is 5.91 Å². The van der Waals surface area contributed by atoms with Crippen LogP contribution < -0.4 is 5.32 Å². The van der Waals surface area contributed by atoms with E-state index >= 15 is 0 Å². The number of likely N-dealkylation sites (N-methyl/N-ethyl adjacent to an activating group) is 1. The summed E-state index contributed by atoms with van der Waals surface area (Å²) >= 11 is 0. The standard InChI is InChI=1S/C19H22N4O3/c1-22-9-11-23(12-10-22)18(24)17-13-14(7-8-20-17)21-16-6-4-3-5-15(16)19(25)26-2/h3-8,13H,9-12H2,1-2H3,(H,20,21). The molecule has 26 heavy (non-hydrogen) atoms. The van der Waals surface area contributed by atoms with E-state index in [0.717, 1.165) is 13.1 Å². The number of rotatable bonds is 4. The van der Waals surface area contributed by atoms with Crippen LogP contribution in [0, 0.1) is 0 Å². The molecule has 0 saturated carbocycles. The summed E-state index contributed by atoms with van der Waals surface area (Å²) in [5, 5.41) is 3.17. The minimum atomic E-state index is -0.420. The number of carbonyl (C=O) groups excluding carboxylic acids is 2. The Morgan fingerprint density at radius 3 is 2.58 bits per heavy atom. The van der Waals surface area contributed by atoms with Crippen molar-refractivity contribution in [2.45, 2.75) is 0 Å². The van der Waals surface area contributed by atoms with Gasteiger partial charge in [0, 0.05) is 38.1 Å². The van der Waals surface area contributed by atoms with Gasteiger partial charge in [-0.05, 0) is 31.3 Å². The Bertz CT molecular complexity index is 801. The van der Waals surface area contributed by atoms with Gasteiger partial charge in [-0.15, -0.1) is 0 Å². The first-order valence-corrected chi connectivity index (χ1v) is 8.46. The molecule has 1 N–H and O–H groups in total. The summed E-state index contributed by atoms with van der Waals surface area (Å²) in [5.74, 6) is -0.501. The van der Waals surface area contributed by atoms with Gasteiger partial charge in [0.2, 0.25) is 0 Å². The van der Waals surface area contributed by atoms with E-state index in [9.17, 15) is 9.59 Å². The molecule has 7 heteroatoms. The molecule has 2 aromatic rings. The number of aromatic nitrogens is 1. The van der Waals surface area contributed by atoms with Crippen molar-refractivity contribution in [2.75, 3.05) is 45.7 Å². The van der Waals surface area contributed by atoms with E-state index in [-0.39, 0.29) is 5.91 Å². The van der Waals surface area contributed by atoms with Crippen molar-refractivity contribution in [3.8, 4) is 0 Å². The van der Waals surface area contributed by atoms with Gasteiger partial charge in [-0.2, -0.15) is 0 Å². The van der Waals surface area contributed by atoms with Gasteiger partial charge in [-0.1, -0.05) is 12.1 Å². The Hall–Kier alpha value is -2.93. The van der Waals surface area contributed by atoms with Gasteiger partial charge in [0.05, 0.1) is 18.4 Å². The number of carbonyl (C=O) groups is 2. The highest BCUT2D eigenvalue weighted by Crippen LogP contribution is 2.22. The largest absolute Gasteiger partial charge is 0.465 e. The Balaban J connectivity index is 1.78. The summed E-state index contributed by atoms with van der Waals surface area (Å²) in [6.45, 7) is 3.10. The van der Waals surface area contributed by atoms with Crippen LogP contribution >= 0.6 is 0 Å². The average Bonchev–Trinajstić information content (AvgIpc) is 2.68. The van der Waals surface area contributed by atoms with Crippen LogP contribution in [-0.2, 0) is 4.74 Å². The highest BCUT2D eigenvalue weighted by atomic mass is 16.5. The summed E-state index contributed by atoms with van der Waals surface area (Å²) in [6, 6.07) is 10.5. The number of ether oxygens (including phenoxy) is 1. The molecule has 3 rings (SSSR count). The fourth-order valence-electron chi connectivity index (χ4n) is 2.83. The molecule has 1 fully saturated rings. The molecule has 0 spiro atoms. The van der Waals surface area contributed by atoms with Gasteiger partial charge in [-0.25, -0.2) is 4.79 Å². The number of benzene rings is 1. The summed E-state index contributed by atoms with van der Waals surface area (Å²) < 4.78 is 4.81. The number of nitrogens with one attached hydrogen (secondary N) is 1. The van der Waals surface area contributed by atoms with Gasteiger partial charge in [0.1, 0.15) is 5.69 Å². The van der Waals surface area contributed by atoms with Crippen LogP contribution in [0.5, 0.6) is 0 Å². The number of anilines is 2. The van der Waals surface area contributed by atoms with Crippen LogP contribution in [0.1, 0.15) is 20.8 Å². The van der Waals surface area contributed by atoms with Gasteiger partial charge < -0.3 is 19.9 Å². The molecule has 0 bridgehead atoms. The predicted octanol–water partition coefficient (Wildman–Crippen LogP) is 2.00. The lowest BCUT2D eigenvalue weighted by molar-refractivity contribution is 0.0600. The molecule has 7 nitrogen and oxygen atoms in total. The van der Waals surface area contributed by atoms with Crippen LogP contribution in [0.2, 0.25) is 0 Å². The lowest BCUT2D eigenvalue weighted by Gasteiger charge is -2.32. The van der Waals surface area contributed by atoms with Crippen LogP contribution in [0.4, 0.5) is 11.4 Å². The lowest BCUT2D eigenvalue weighted by atomic mass is 10.1. The predicted molar refractivity (Wildman–Crippen MR) is 98.7 cm³/mol. The summed E-state index contributed by atoms with van der Waals surface area (Å²) in [6.07, 6.45) is 1.59. The third-order valence-electron chi connectivity index (χ3n) is 4.38. The number of para-hydroxylation sites is 1. The second kappa shape index (κ2) is 7.97. The van der Waals surface area contributed by atoms with Crippen LogP contribution in [0.25, 0.3) is 0 Å². The summed E-state index contributed by atoms with van der Waals surface area (Å²) in [5.41, 5.74) is 2.12. The molecule has 1 aliphatic heterocycles. The molecule has 0 unspecified atom stereocenters. The molecule has 136 valence electrons. The Kier molecular flexibility index (Phi) is 5.48. The van der Waals surface area contributed by atoms with Crippen LogP contribution in [0.3, 0.4) is 0 Å². The first-order chi connectivity index (χ1) is 12.6. The molecule has 1 aromatic carbocycles. The minimum absolute atomic E-state index is 0.0806. The van der Waals surface area contributed by atoms with Crippen molar-refractivity contribution < 1.29 is 14.3 Å². The normalized spacial score (nSPS) is 14.8. The van der Waals surface area contributed by atoms with Crippen molar-refractivity contribution >= 4 is 23.3 Å². The molecule has 1 aliphatic rings. The number of esters is 1.